The lowest BCUT2D eigenvalue weighted by atomic mass is 10.2. The average Bonchev–Trinajstić information content (AvgIpc) is 2.52. The maximum Gasteiger partial charge on any atom is 0.417 e. The molecule has 0 amide bonds. The van der Waals surface area contributed by atoms with Gasteiger partial charge in [-0.25, -0.2) is 4.98 Å². The maximum absolute atomic E-state index is 12.5. The molecule has 1 aromatic heterocycles. The summed E-state index contributed by atoms with van der Waals surface area (Å²) in [5, 5.41) is 11.4. The van der Waals surface area contributed by atoms with Crippen molar-refractivity contribution in [2.75, 3.05) is 18.5 Å². The van der Waals surface area contributed by atoms with E-state index in [4.69, 9.17) is 21.4 Å². The van der Waals surface area contributed by atoms with Crippen molar-refractivity contribution in [3.8, 4) is 5.75 Å². The summed E-state index contributed by atoms with van der Waals surface area (Å²) < 4.78 is 42.8. The maximum atomic E-state index is 12.5. The number of alkyl halides is 3. The van der Waals surface area contributed by atoms with E-state index in [9.17, 15) is 13.2 Å². The van der Waals surface area contributed by atoms with Crippen LogP contribution in [-0.4, -0.2) is 23.3 Å². The second-order valence-corrected chi connectivity index (χ2v) is 5.03. The lowest BCUT2D eigenvalue weighted by Gasteiger charge is -2.11. The van der Waals surface area contributed by atoms with E-state index < -0.39 is 11.7 Å². The average molecular weight is 347 g/mol. The molecule has 8 heteroatoms. The number of aliphatic hydroxyl groups is 1. The second-order valence-electron chi connectivity index (χ2n) is 4.62. The zero-order valence-corrected chi connectivity index (χ0v) is 12.7. The van der Waals surface area contributed by atoms with Crippen molar-refractivity contribution in [1.29, 1.82) is 0 Å². The molecule has 0 saturated carbocycles. The summed E-state index contributed by atoms with van der Waals surface area (Å²) in [5.74, 6) is 0.800. The van der Waals surface area contributed by atoms with Crippen LogP contribution >= 0.6 is 11.6 Å². The molecule has 0 aliphatic heterocycles. The van der Waals surface area contributed by atoms with E-state index in [1.165, 1.54) is 0 Å². The van der Waals surface area contributed by atoms with Gasteiger partial charge in [-0.2, -0.15) is 13.2 Å². The van der Waals surface area contributed by atoms with Gasteiger partial charge < -0.3 is 15.2 Å². The summed E-state index contributed by atoms with van der Waals surface area (Å²) in [6.07, 6.45) is -3.74. The summed E-state index contributed by atoms with van der Waals surface area (Å²) in [6.45, 7) is 0.489. The van der Waals surface area contributed by atoms with E-state index in [1.807, 2.05) is 0 Å². The highest BCUT2D eigenvalue weighted by molar-refractivity contribution is 6.32. The van der Waals surface area contributed by atoms with Crippen molar-refractivity contribution in [2.24, 2.45) is 0 Å². The number of aliphatic hydroxyl groups excluding tert-OH is 1. The fourth-order valence-corrected chi connectivity index (χ4v) is 2.01. The topological polar surface area (TPSA) is 54.4 Å². The number of hydrogen-bond donors (Lipinski definition) is 2. The van der Waals surface area contributed by atoms with Gasteiger partial charge in [0.15, 0.2) is 0 Å². The third kappa shape index (κ3) is 5.01. The van der Waals surface area contributed by atoms with E-state index in [0.717, 1.165) is 17.8 Å². The van der Waals surface area contributed by atoms with Crippen molar-refractivity contribution in [1.82, 2.24) is 4.98 Å². The van der Waals surface area contributed by atoms with Crippen molar-refractivity contribution < 1.29 is 23.0 Å². The molecule has 1 heterocycles. The van der Waals surface area contributed by atoms with E-state index in [1.54, 1.807) is 24.3 Å². The third-order valence-electron chi connectivity index (χ3n) is 2.91. The summed E-state index contributed by atoms with van der Waals surface area (Å²) in [5.41, 5.74) is -0.0162. The minimum absolute atomic E-state index is 0.0681. The molecule has 0 radical (unpaired) electrons. The molecule has 23 heavy (non-hydrogen) atoms. The predicted molar refractivity (Wildman–Crippen MR) is 80.6 cm³/mol. The van der Waals surface area contributed by atoms with Crippen LogP contribution in [-0.2, 0) is 12.7 Å². The van der Waals surface area contributed by atoms with Crippen molar-refractivity contribution >= 4 is 17.4 Å². The number of pyridine rings is 1. The number of halogens is 4. The third-order valence-corrected chi connectivity index (χ3v) is 3.20. The highest BCUT2D eigenvalue weighted by atomic mass is 35.5. The highest BCUT2D eigenvalue weighted by Gasteiger charge is 2.31. The Morgan fingerprint density at radius 3 is 2.48 bits per heavy atom. The Morgan fingerprint density at radius 2 is 1.91 bits per heavy atom. The quantitative estimate of drug-likeness (QED) is 0.836. The van der Waals surface area contributed by atoms with Crippen LogP contribution in [0.5, 0.6) is 5.75 Å². The van der Waals surface area contributed by atoms with E-state index in [0.29, 0.717) is 12.3 Å². The monoisotopic (exact) mass is 346 g/mol. The number of aromatic nitrogens is 1. The van der Waals surface area contributed by atoms with Gasteiger partial charge in [-0.3, -0.25) is 0 Å². The lowest BCUT2D eigenvalue weighted by molar-refractivity contribution is -0.137. The smallest absolute Gasteiger partial charge is 0.417 e. The normalized spacial score (nSPS) is 11.3. The van der Waals surface area contributed by atoms with Crippen LogP contribution in [0.4, 0.5) is 19.0 Å². The summed E-state index contributed by atoms with van der Waals surface area (Å²) >= 11 is 5.82. The summed E-state index contributed by atoms with van der Waals surface area (Å²) in [6, 6.07) is 7.88. The van der Waals surface area contributed by atoms with E-state index in [2.05, 4.69) is 10.3 Å². The molecule has 0 aliphatic rings. The van der Waals surface area contributed by atoms with Crippen LogP contribution in [0.1, 0.15) is 11.1 Å². The Bertz CT molecular complexity index is 648. The molecule has 2 aromatic rings. The molecule has 124 valence electrons. The summed E-state index contributed by atoms with van der Waals surface area (Å²) in [7, 11) is 0. The molecule has 2 rings (SSSR count). The Hall–Kier alpha value is -1.99. The molecule has 0 fully saturated rings. The van der Waals surface area contributed by atoms with Gasteiger partial charge in [-0.05, 0) is 23.8 Å². The zero-order valence-electron chi connectivity index (χ0n) is 11.9. The van der Waals surface area contributed by atoms with Gasteiger partial charge in [-0.1, -0.05) is 23.7 Å². The standard InChI is InChI=1S/C15H14ClF3N2O2/c16-13-7-11(15(17,18)19)9-21-14(13)20-8-10-1-3-12(4-2-10)23-6-5-22/h1-4,7,9,22H,5-6,8H2,(H,20,21). The van der Waals surface area contributed by atoms with Crippen molar-refractivity contribution in [3.63, 3.8) is 0 Å². The van der Waals surface area contributed by atoms with Gasteiger partial charge >= 0.3 is 6.18 Å². The fraction of sp³-hybridized carbons (Fsp3) is 0.267. The number of anilines is 1. The molecule has 0 saturated heterocycles. The lowest BCUT2D eigenvalue weighted by Crippen LogP contribution is -2.08. The molecule has 0 spiro atoms. The molecule has 0 unspecified atom stereocenters. The molecule has 0 bridgehead atoms. The molecule has 0 aliphatic carbocycles. The first kappa shape index (κ1) is 17.4. The Balaban J connectivity index is 1.98. The SMILES string of the molecule is OCCOc1ccc(CNc2ncc(C(F)(F)F)cc2Cl)cc1. The highest BCUT2D eigenvalue weighted by Crippen LogP contribution is 2.32. The minimum Gasteiger partial charge on any atom is -0.491 e. The first-order chi connectivity index (χ1) is 10.9. The number of nitrogens with zero attached hydrogens (tertiary/aromatic N) is 1. The van der Waals surface area contributed by atoms with E-state index in [-0.39, 0.29) is 24.1 Å². The molecule has 2 N–H and O–H groups in total. The van der Waals surface area contributed by atoms with Crippen molar-refractivity contribution in [2.45, 2.75) is 12.7 Å². The van der Waals surface area contributed by atoms with Gasteiger partial charge in [0, 0.05) is 12.7 Å². The largest absolute Gasteiger partial charge is 0.491 e. The molecular weight excluding hydrogens is 333 g/mol. The number of benzene rings is 1. The van der Waals surface area contributed by atoms with Gasteiger partial charge in [-0.15, -0.1) is 0 Å². The summed E-state index contributed by atoms with van der Waals surface area (Å²) in [4.78, 5) is 3.70. The van der Waals surface area contributed by atoms with Crippen LogP contribution < -0.4 is 10.1 Å². The number of hydrogen-bond acceptors (Lipinski definition) is 4. The molecule has 0 atom stereocenters. The fourth-order valence-electron chi connectivity index (χ4n) is 1.78. The predicted octanol–water partition coefficient (Wildman–Crippen LogP) is 3.74. The van der Waals surface area contributed by atoms with Crippen LogP contribution in [0.2, 0.25) is 5.02 Å². The van der Waals surface area contributed by atoms with Gasteiger partial charge in [0.1, 0.15) is 18.2 Å². The van der Waals surface area contributed by atoms with Gasteiger partial charge in [0.25, 0.3) is 0 Å². The van der Waals surface area contributed by atoms with Crippen LogP contribution in [0.3, 0.4) is 0 Å². The Morgan fingerprint density at radius 1 is 1.22 bits per heavy atom. The first-order valence-electron chi connectivity index (χ1n) is 6.69. The number of nitrogens with one attached hydrogen (secondary N) is 1. The Kier molecular flexibility index (Phi) is 5.68. The molecule has 1 aromatic carbocycles. The van der Waals surface area contributed by atoms with Gasteiger partial charge in [0.05, 0.1) is 17.2 Å². The zero-order chi connectivity index (χ0) is 16.9. The van der Waals surface area contributed by atoms with Gasteiger partial charge in [0.2, 0.25) is 0 Å². The molecule has 4 nitrogen and oxygen atoms in total. The number of rotatable bonds is 6. The van der Waals surface area contributed by atoms with Crippen molar-refractivity contribution in [3.05, 3.63) is 52.7 Å². The van der Waals surface area contributed by atoms with E-state index >= 15 is 0 Å². The molecular formula is C15H14ClF3N2O2. The first-order valence-corrected chi connectivity index (χ1v) is 7.07. The van der Waals surface area contributed by atoms with Crippen LogP contribution in [0.15, 0.2) is 36.5 Å². The van der Waals surface area contributed by atoms with Crippen LogP contribution in [0, 0.1) is 0 Å². The minimum atomic E-state index is -4.47. The van der Waals surface area contributed by atoms with Crippen LogP contribution in [0.25, 0.3) is 0 Å². The second kappa shape index (κ2) is 7.52. The number of ether oxygens (including phenoxy) is 1. The Labute approximate surface area is 135 Å².